The average molecular weight is 164 g/mol. The van der Waals surface area contributed by atoms with Gasteiger partial charge in [0.05, 0.1) is 7.11 Å². The smallest absolute Gasteiger partial charge is 0.122 e. The maximum absolute atomic E-state index is 5.28. The van der Waals surface area contributed by atoms with E-state index in [-0.39, 0.29) is 0 Å². The van der Waals surface area contributed by atoms with Crippen molar-refractivity contribution in [2.75, 3.05) is 7.11 Å². The summed E-state index contributed by atoms with van der Waals surface area (Å²) in [6, 6.07) is 0. The van der Waals surface area contributed by atoms with Crippen LogP contribution in [0.25, 0.3) is 0 Å². The summed E-state index contributed by atoms with van der Waals surface area (Å²) in [6.07, 6.45) is 4.36. The molecule has 0 aromatic carbocycles. The van der Waals surface area contributed by atoms with E-state index in [9.17, 15) is 0 Å². The van der Waals surface area contributed by atoms with Crippen LogP contribution >= 0.6 is 0 Å². The predicted molar refractivity (Wildman–Crippen MR) is 51.8 cm³/mol. The van der Waals surface area contributed by atoms with Crippen molar-refractivity contribution in [3.05, 3.63) is 35.1 Å². The van der Waals surface area contributed by atoms with Gasteiger partial charge in [0.1, 0.15) is 5.76 Å². The Kier molecular flexibility index (Phi) is 2.74. The lowest BCUT2D eigenvalue weighted by Crippen LogP contribution is -2.02. The Morgan fingerprint density at radius 1 is 1.58 bits per heavy atom. The number of ether oxygens (including phenoxy) is 1. The summed E-state index contributed by atoms with van der Waals surface area (Å²) >= 11 is 0. The van der Waals surface area contributed by atoms with E-state index in [1.807, 2.05) is 6.92 Å². The Labute approximate surface area is 74.4 Å². The van der Waals surface area contributed by atoms with E-state index in [1.165, 1.54) is 11.1 Å². The lowest BCUT2D eigenvalue weighted by molar-refractivity contribution is 0.297. The normalized spacial score (nSPS) is 17.4. The van der Waals surface area contributed by atoms with Crippen LogP contribution in [-0.4, -0.2) is 7.11 Å². The molecule has 0 atom stereocenters. The fourth-order valence-corrected chi connectivity index (χ4v) is 1.62. The van der Waals surface area contributed by atoms with E-state index in [4.69, 9.17) is 4.74 Å². The van der Waals surface area contributed by atoms with E-state index in [0.717, 1.165) is 24.2 Å². The minimum atomic E-state index is 0.992. The summed E-state index contributed by atoms with van der Waals surface area (Å²) in [4.78, 5) is 0. The quantitative estimate of drug-likeness (QED) is 0.609. The summed E-state index contributed by atoms with van der Waals surface area (Å²) in [5.74, 6) is 0.992. The van der Waals surface area contributed by atoms with Gasteiger partial charge in [-0.15, -0.1) is 0 Å². The van der Waals surface area contributed by atoms with Crippen molar-refractivity contribution in [3.8, 4) is 0 Å². The number of rotatable bonds is 2. The molecule has 66 valence electrons. The third-order valence-electron chi connectivity index (χ3n) is 2.17. The van der Waals surface area contributed by atoms with E-state index in [0.29, 0.717) is 0 Å². The van der Waals surface area contributed by atoms with Crippen LogP contribution in [-0.2, 0) is 4.74 Å². The van der Waals surface area contributed by atoms with Crippen LogP contribution in [0.5, 0.6) is 0 Å². The second-order valence-electron chi connectivity index (χ2n) is 3.25. The molecule has 0 saturated carbocycles. The van der Waals surface area contributed by atoms with Gasteiger partial charge in [0.2, 0.25) is 0 Å². The molecule has 1 rings (SSSR count). The van der Waals surface area contributed by atoms with Gasteiger partial charge in [0, 0.05) is 5.57 Å². The highest BCUT2D eigenvalue weighted by Gasteiger charge is 2.13. The van der Waals surface area contributed by atoms with Crippen molar-refractivity contribution in [1.29, 1.82) is 0 Å². The summed E-state index contributed by atoms with van der Waals surface area (Å²) in [5.41, 5.74) is 3.70. The molecular weight excluding hydrogens is 148 g/mol. The van der Waals surface area contributed by atoms with Crippen LogP contribution in [0.4, 0.5) is 0 Å². The minimum absolute atomic E-state index is 0.992. The second-order valence-corrected chi connectivity index (χ2v) is 3.25. The molecule has 0 saturated heterocycles. The van der Waals surface area contributed by atoms with Gasteiger partial charge in [0.25, 0.3) is 0 Å². The van der Waals surface area contributed by atoms with Gasteiger partial charge in [-0.05, 0) is 38.3 Å². The Bertz CT molecular complexity index is 256. The number of hydrogen-bond acceptors (Lipinski definition) is 1. The Hall–Kier alpha value is -0.980. The van der Waals surface area contributed by atoms with Gasteiger partial charge in [0.15, 0.2) is 0 Å². The fraction of sp³-hybridized carbons (Fsp3) is 0.455. The van der Waals surface area contributed by atoms with Crippen LogP contribution in [0.1, 0.15) is 26.7 Å². The van der Waals surface area contributed by atoms with Crippen LogP contribution in [0.15, 0.2) is 35.1 Å². The van der Waals surface area contributed by atoms with Crippen LogP contribution in [0.2, 0.25) is 0 Å². The highest BCUT2D eigenvalue weighted by Crippen LogP contribution is 2.29. The molecule has 1 aliphatic rings. The molecule has 1 aliphatic carbocycles. The zero-order chi connectivity index (χ0) is 9.14. The number of allylic oxidation sites excluding steroid dienone is 3. The van der Waals surface area contributed by atoms with Gasteiger partial charge in [-0.2, -0.15) is 0 Å². The van der Waals surface area contributed by atoms with Crippen molar-refractivity contribution in [2.24, 2.45) is 0 Å². The molecular formula is C11H16O. The van der Waals surface area contributed by atoms with Gasteiger partial charge in [-0.1, -0.05) is 12.2 Å². The standard InChI is InChI=1S/C11H16O/c1-8(2)11-9(3)6-5-7-10(11)12-4/h7H,1,5-6H2,2-4H3. The first-order valence-corrected chi connectivity index (χ1v) is 4.27. The topological polar surface area (TPSA) is 9.23 Å². The number of methoxy groups -OCH3 is 1. The summed E-state index contributed by atoms with van der Waals surface area (Å²) in [7, 11) is 1.72. The highest BCUT2D eigenvalue weighted by atomic mass is 16.5. The molecule has 12 heavy (non-hydrogen) atoms. The second kappa shape index (κ2) is 3.61. The van der Waals surface area contributed by atoms with Crippen LogP contribution < -0.4 is 0 Å². The lowest BCUT2D eigenvalue weighted by atomic mass is 9.93. The zero-order valence-electron chi connectivity index (χ0n) is 8.11. The third-order valence-corrected chi connectivity index (χ3v) is 2.17. The molecule has 0 unspecified atom stereocenters. The molecule has 0 fully saturated rings. The Balaban J connectivity index is 3.03. The van der Waals surface area contributed by atoms with Gasteiger partial charge in [-0.25, -0.2) is 0 Å². The first-order valence-electron chi connectivity index (χ1n) is 4.27. The van der Waals surface area contributed by atoms with Crippen molar-refractivity contribution >= 4 is 0 Å². The predicted octanol–water partition coefficient (Wildman–Crippen LogP) is 3.20. The monoisotopic (exact) mass is 164 g/mol. The molecule has 0 radical (unpaired) electrons. The summed E-state index contributed by atoms with van der Waals surface area (Å²) < 4.78 is 5.28. The summed E-state index contributed by atoms with van der Waals surface area (Å²) in [5, 5.41) is 0. The lowest BCUT2D eigenvalue weighted by Gasteiger charge is -2.18. The van der Waals surface area contributed by atoms with Crippen molar-refractivity contribution in [2.45, 2.75) is 26.7 Å². The Morgan fingerprint density at radius 3 is 2.67 bits per heavy atom. The molecule has 1 nitrogen and oxygen atoms in total. The Morgan fingerprint density at radius 2 is 2.25 bits per heavy atom. The molecule has 0 N–H and O–H groups in total. The van der Waals surface area contributed by atoms with Crippen molar-refractivity contribution < 1.29 is 4.74 Å². The molecule has 0 amide bonds. The minimum Gasteiger partial charge on any atom is -0.496 e. The molecule has 0 aromatic heterocycles. The largest absolute Gasteiger partial charge is 0.496 e. The van der Waals surface area contributed by atoms with E-state index < -0.39 is 0 Å². The molecule has 0 aliphatic heterocycles. The SMILES string of the molecule is C=C(C)C1=C(C)CCC=C1OC. The van der Waals surface area contributed by atoms with E-state index in [2.05, 4.69) is 19.6 Å². The van der Waals surface area contributed by atoms with Crippen molar-refractivity contribution in [3.63, 3.8) is 0 Å². The first kappa shape index (κ1) is 9.11. The van der Waals surface area contributed by atoms with Gasteiger partial charge < -0.3 is 4.74 Å². The zero-order valence-corrected chi connectivity index (χ0v) is 8.11. The highest BCUT2D eigenvalue weighted by molar-refractivity contribution is 5.46. The fourth-order valence-electron chi connectivity index (χ4n) is 1.62. The van der Waals surface area contributed by atoms with Crippen LogP contribution in [0.3, 0.4) is 0 Å². The van der Waals surface area contributed by atoms with Crippen LogP contribution in [0, 0.1) is 0 Å². The summed E-state index contributed by atoms with van der Waals surface area (Å²) in [6.45, 7) is 8.12. The van der Waals surface area contributed by atoms with Gasteiger partial charge >= 0.3 is 0 Å². The molecule has 0 aromatic rings. The van der Waals surface area contributed by atoms with Crippen molar-refractivity contribution in [1.82, 2.24) is 0 Å². The van der Waals surface area contributed by atoms with Gasteiger partial charge in [-0.3, -0.25) is 0 Å². The molecule has 0 bridgehead atoms. The molecule has 0 spiro atoms. The maximum Gasteiger partial charge on any atom is 0.122 e. The number of hydrogen-bond donors (Lipinski definition) is 0. The third kappa shape index (κ3) is 1.60. The maximum atomic E-state index is 5.28. The molecule has 0 heterocycles. The van der Waals surface area contributed by atoms with E-state index in [1.54, 1.807) is 7.11 Å². The molecule has 1 heteroatoms. The van der Waals surface area contributed by atoms with E-state index >= 15 is 0 Å². The first-order chi connectivity index (χ1) is 5.66. The average Bonchev–Trinajstić information content (AvgIpc) is 2.03.